The maximum absolute atomic E-state index is 14.4. The molecule has 1 fully saturated rings. The van der Waals surface area contributed by atoms with Crippen LogP contribution in [0.3, 0.4) is 0 Å². The number of aliphatic hydroxyl groups excluding tert-OH is 1. The summed E-state index contributed by atoms with van der Waals surface area (Å²) in [5.41, 5.74) is 0.609. The lowest BCUT2D eigenvalue weighted by atomic mass is 10.2. The van der Waals surface area contributed by atoms with Gasteiger partial charge >= 0.3 is 0 Å². The quantitative estimate of drug-likeness (QED) is 0.792. The molecule has 1 atom stereocenters. The van der Waals surface area contributed by atoms with Crippen LogP contribution in [0.15, 0.2) is 12.1 Å². The van der Waals surface area contributed by atoms with Gasteiger partial charge in [0.1, 0.15) is 11.6 Å². The molecule has 0 spiro atoms. The van der Waals surface area contributed by atoms with Crippen LogP contribution in [0, 0.1) is 17.5 Å². The van der Waals surface area contributed by atoms with Crippen molar-refractivity contribution in [2.45, 2.75) is 32.0 Å². The van der Waals surface area contributed by atoms with Crippen molar-refractivity contribution in [3.63, 3.8) is 0 Å². The Bertz CT molecular complexity index is 930. The summed E-state index contributed by atoms with van der Waals surface area (Å²) in [6.07, 6.45) is 0.663. The number of likely N-dealkylation sites (tertiary alicyclic amines) is 1. The molecule has 1 unspecified atom stereocenters. The van der Waals surface area contributed by atoms with Crippen molar-refractivity contribution in [1.82, 2.24) is 19.4 Å². The zero-order valence-electron chi connectivity index (χ0n) is 15.5. The molecule has 2 aliphatic heterocycles. The minimum atomic E-state index is -1.27. The molecule has 6 nitrogen and oxygen atoms in total. The Hall–Kier alpha value is -2.39. The Labute approximate surface area is 160 Å². The topological polar surface area (TPSA) is 61.6 Å². The van der Waals surface area contributed by atoms with Crippen molar-refractivity contribution in [3.05, 3.63) is 41.0 Å². The van der Waals surface area contributed by atoms with Crippen molar-refractivity contribution < 1.29 is 23.1 Å². The average Bonchev–Trinajstić information content (AvgIpc) is 3.17. The molecule has 0 saturated carbocycles. The largest absolute Gasteiger partial charge is 0.391 e. The van der Waals surface area contributed by atoms with Gasteiger partial charge in [-0.3, -0.25) is 4.79 Å². The number of benzene rings is 1. The van der Waals surface area contributed by atoms with Crippen molar-refractivity contribution in [2.75, 3.05) is 26.7 Å². The molecule has 0 aliphatic carbocycles. The molecule has 1 N–H and O–H groups in total. The molecule has 2 aromatic rings. The van der Waals surface area contributed by atoms with Crippen molar-refractivity contribution in [3.8, 4) is 11.4 Å². The van der Waals surface area contributed by atoms with Gasteiger partial charge in [0, 0.05) is 32.2 Å². The highest BCUT2D eigenvalue weighted by Crippen LogP contribution is 2.30. The molecule has 0 radical (unpaired) electrons. The Kier molecular flexibility index (Phi) is 4.88. The maximum atomic E-state index is 14.4. The third-order valence-electron chi connectivity index (χ3n) is 5.32. The lowest BCUT2D eigenvalue weighted by Crippen LogP contribution is -2.31. The van der Waals surface area contributed by atoms with Gasteiger partial charge in [-0.25, -0.2) is 18.2 Å². The molecular formula is C19H21F3N4O2. The number of carbonyl (C=O) groups is 1. The molecule has 28 heavy (non-hydrogen) atoms. The summed E-state index contributed by atoms with van der Waals surface area (Å²) in [4.78, 5) is 20.9. The van der Waals surface area contributed by atoms with E-state index in [9.17, 15) is 23.1 Å². The van der Waals surface area contributed by atoms with E-state index < -0.39 is 23.6 Å². The van der Waals surface area contributed by atoms with Crippen LogP contribution in [0.5, 0.6) is 0 Å². The summed E-state index contributed by atoms with van der Waals surface area (Å²) in [6, 6.07) is 1.27. The molecule has 1 aromatic heterocycles. The van der Waals surface area contributed by atoms with E-state index in [0.29, 0.717) is 37.8 Å². The molecule has 4 rings (SSSR count). The molecule has 1 amide bonds. The first-order chi connectivity index (χ1) is 13.3. The van der Waals surface area contributed by atoms with Gasteiger partial charge < -0.3 is 19.5 Å². The first-order valence-corrected chi connectivity index (χ1v) is 9.25. The molecular weight excluding hydrogens is 373 g/mol. The number of halogens is 3. The van der Waals surface area contributed by atoms with E-state index in [-0.39, 0.29) is 29.5 Å². The van der Waals surface area contributed by atoms with E-state index >= 15 is 0 Å². The minimum absolute atomic E-state index is 0.116. The summed E-state index contributed by atoms with van der Waals surface area (Å²) in [7, 11) is 1.91. The molecule has 1 saturated heterocycles. The lowest BCUT2D eigenvalue weighted by molar-refractivity contribution is 0.0757. The van der Waals surface area contributed by atoms with Crippen LogP contribution in [-0.4, -0.2) is 63.2 Å². The van der Waals surface area contributed by atoms with E-state index in [4.69, 9.17) is 0 Å². The van der Waals surface area contributed by atoms with E-state index in [1.54, 1.807) is 4.57 Å². The SMILES string of the molecule is CN1CCCn2c(-c3cc(F)c(F)cc3F)nc(C(=O)N3CCC(O)C3)c2C1. The van der Waals surface area contributed by atoms with E-state index in [1.807, 2.05) is 11.9 Å². The second-order valence-corrected chi connectivity index (χ2v) is 7.41. The van der Waals surface area contributed by atoms with Gasteiger partial charge in [-0.2, -0.15) is 0 Å². The van der Waals surface area contributed by atoms with Crippen LogP contribution < -0.4 is 0 Å². The van der Waals surface area contributed by atoms with Crippen LogP contribution in [0.2, 0.25) is 0 Å². The van der Waals surface area contributed by atoms with Crippen LogP contribution in [-0.2, 0) is 13.1 Å². The highest BCUT2D eigenvalue weighted by Gasteiger charge is 2.32. The number of amides is 1. The number of aliphatic hydroxyl groups is 1. The van der Waals surface area contributed by atoms with Crippen molar-refractivity contribution in [1.29, 1.82) is 0 Å². The van der Waals surface area contributed by atoms with Crippen molar-refractivity contribution >= 4 is 5.91 Å². The Morgan fingerprint density at radius 1 is 1.14 bits per heavy atom. The van der Waals surface area contributed by atoms with E-state index in [0.717, 1.165) is 19.0 Å². The normalized spacial score (nSPS) is 20.3. The highest BCUT2D eigenvalue weighted by atomic mass is 19.2. The Morgan fingerprint density at radius 3 is 2.61 bits per heavy atom. The van der Waals surface area contributed by atoms with Gasteiger partial charge in [0.2, 0.25) is 0 Å². The fraction of sp³-hybridized carbons (Fsp3) is 0.474. The number of rotatable bonds is 2. The number of imidazole rings is 1. The number of carbonyl (C=O) groups excluding carboxylic acids is 1. The average molecular weight is 394 g/mol. The molecule has 3 heterocycles. The highest BCUT2D eigenvalue weighted by molar-refractivity contribution is 5.94. The number of fused-ring (bicyclic) bond motifs is 1. The first kappa shape index (κ1) is 18.9. The predicted octanol–water partition coefficient (Wildman–Crippen LogP) is 2.01. The van der Waals surface area contributed by atoms with Crippen LogP contribution in [0.4, 0.5) is 13.2 Å². The summed E-state index contributed by atoms with van der Waals surface area (Å²) < 4.78 is 43.3. The number of β-amino-alcohol motifs (C(OH)–C–C–N with tert-alkyl or cyclic N) is 1. The monoisotopic (exact) mass is 394 g/mol. The summed E-state index contributed by atoms with van der Waals surface area (Å²) in [6.45, 7) is 2.32. The van der Waals surface area contributed by atoms with Crippen LogP contribution in [0.25, 0.3) is 11.4 Å². The predicted molar refractivity (Wildman–Crippen MR) is 95.0 cm³/mol. The minimum Gasteiger partial charge on any atom is -0.391 e. The van der Waals surface area contributed by atoms with Gasteiger partial charge in [0.15, 0.2) is 17.3 Å². The van der Waals surface area contributed by atoms with Gasteiger partial charge in [0.25, 0.3) is 5.91 Å². The summed E-state index contributed by atoms with van der Waals surface area (Å²) in [5.74, 6) is -3.60. The number of nitrogens with zero attached hydrogens (tertiary/aromatic N) is 4. The third kappa shape index (κ3) is 3.29. The summed E-state index contributed by atoms with van der Waals surface area (Å²) >= 11 is 0. The molecule has 1 aromatic carbocycles. The standard InChI is InChI=1S/C19H21F3N4O2/c1-24-4-2-5-26-16(10-24)17(19(28)25-6-3-11(27)9-25)23-18(26)12-7-14(21)15(22)8-13(12)20/h7-8,11,27H,2-6,9-10H2,1H3. The zero-order chi connectivity index (χ0) is 20.0. The zero-order valence-corrected chi connectivity index (χ0v) is 15.5. The number of hydrogen-bond acceptors (Lipinski definition) is 4. The van der Waals surface area contributed by atoms with Gasteiger partial charge in [-0.05, 0) is 32.5 Å². The smallest absolute Gasteiger partial charge is 0.274 e. The van der Waals surface area contributed by atoms with Crippen LogP contribution in [0.1, 0.15) is 29.0 Å². The van der Waals surface area contributed by atoms with Crippen LogP contribution >= 0.6 is 0 Å². The second kappa shape index (κ2) is 7.21. The molecule has 150 valence electrons. The molecule has 2 aliphatic rings. The lowest BCUT2D eigenvalue weighted by Gasteiger charge is -2.17. The second-order valence-electron chi connectivity index (χ2n) is 7.41. The van der Waals surface area contributed by atoms with Gasteiger partial charge in [-0.1, -0.05) is 0 Å². The fourth-order valence-corrected chi connectivity index (χ4v) is 3.87. The van der Waals surface area contributed by atoms with E-state index in [1.165, 1.54) is 4.90 Å². The first-order valence-electron chi connectivity index (χ1n) is 9.25. The maximum Gasteiger partial charge on any atom is 0.274 e. The number of hydrogen-bond donors (Lipinski definition) is 1. The van der Waals surface area contributed by atoms with Crippen molar-refractivity contribution in [2.24, 2.45) is 0 Å². The third-order valence-corrected chi connectivity index (χ3v) is 5.32. The van der Waals surface area contributed by atoms with Gasteiger partial charge in [-0.15, -0.1) is 0 Å². The van der Waals surface area contributed by atoms with Gasteiger partial charge in [0.05, 0.1) is 17.4 Å². The Morgan fingerprint density at radius 2 is 1.89 bits per heavy atom. The van der Waals surface area contributed by atoms with E-state index in [2.05, 4.69) is 4.98 Å². The molecule has 0 bridgehead atoms. The molecule has 9 heteroatoms. The fourth-order valence-electron chi connectivity index (χ4n) is 3.87. The summed E-state index contributed by atoms with van der Waals surface area (Å²) in [5, 5.41) is 9.74. The Balaban J connectivity index is 1.84. The number of aromatic nitrogens is 2.